The Labute approximate surface area is 66.2 Å². The summed E-state index contributed by atoms with van der Waals surface area (Å²) >= 11 is 8.76. The maximum absolute atomic E-state index is 5.62. The molecular weight excluding hydrogens is 203 g/mol. The lowest BCUT2D eigenvalue weighted by Crippen LogP contribution is -1.85. The van der Waals surface area contributed by atoms with E-state index in [0.29, 0.717) is 15.3 Å². The van der Waals surface area contributed by atoms with Crippen molar-refractivity contribution in [3.05, 3.63) is 21.9 Å². The molecular formula is C5H4BrClN2. The second kappa shape index (κ2) is 2.54. The van der Waals surface area contributed by atoms with E-state index in [1.807, 2.05) is 0 Å². The van der Waals surface area contributed by atoms with Gasteiger partial charge in [-0.2, -0.15) is 0 Å². The van der Waals surface area contributed by atoms with Gasteiger partial charge in [-0.1, -0.05) is 11.6 Å². The van der Waals surface area contributed by atoms with Gasteiger partial charge in [-0.25, -0.2) is 4.98 Å². The molecule has 4 heteroatoms. The van der Waals surface area contributed by atoms with Gasteiger partial charge in [0, 0.05) is 0 Å². The van der Waals surface area contributed by atoms with Crippen LogP contribution < -0.4 is 5.73 Å². The Morgan fingerprint density at radius 2 is 2.33 bits per heavy atom. The first-order chi connectivity index (χ1) is 4.20. The smallest absolute Gasteiger partial charge is 0.124 e. The van der Waals surface area contributed by atoms with Gasteiger partial charge in [-0.3, -0.25) is 0 Å². The van der Waals surface area contributed by atoms with Crippen molar-refractivity contribution in [2.45, 2.75) is 0 Å². The summed E-state index contributed by atoms with van der Waals surface area (Å²) < 4.78 is 0.623. The minimum atomic E-state index is 0.537. The van der Waals surface area contributed by atoms with Crippen molar-refractivity contribution in [1.29, 1.82) is 0 Å². The number of rotatable bonds is 0. The van der Waals surface area contributed by atoms with E-state index in [9.17, 15) is 0 Å². The molecule has 0 atom stereocenters. The highest BCUT2D eigenvalue weighted by molar-refractivity contribution is 9.10. The second-order valence-electron chi connectivity index (χ2n) is 1.54. The first kappa shape index (κ1) is 6.83. The molecule has 2 N–H and O–H groups in total. The molecule has 0 amide bonds. The number of halogens is 2. The second-order valence-corrected chi connectivity index (χ2v) is 2.70. The van der Waals surface area contributed by atoms with Crippen LogP contribution in [-0.4, -0.2) is 4.98 Å². The van der Waals surface area contributed by atoms with E-state index in [-0.39, 0.29) is 0 Å². The minimum absolute atomic E-state index is 0.537. The molecule has 48 valence electrons. The van der Waals surface area contributed by atoms with Crippen LogP contribution in [0.2, 0.25) is 5.02 Å². The summed E-state index contributed by atoms with van der Waals surface area (Å²) in [5, 5.41) is 0.537. The molecule has 0 aromatic carbocycles. The van der Waals surface area contributed by atoms with Gasteiger partial charge in [0.05, 0.1) is 16.9 Å². The summed E-state index contributed by atoms with van der Waals surface area (Å²) in [6.45, 7) is 0. The molecule has 9 heavy (non-hydrogen) atoms. The van der Waals surface area contributed by atoms with E-state index in [4.69, 9.17) is 17.3 Å². The number of anilines is 1. The Balaban J connectivity index is 3.17. The molecule has 2 nitrogen and oxygen atoms in total. The number of aromatic nitrogens is 1. The molecule has 1 aromatic heterocycles. The van der Waals surface area contributed by atoms with Gasteiger partial charge >= 0.3 is 0 Å². The molecule has 0 unspecified atom stereocenters. The maximum atomic E-state index is 5.62. The summed E-state index contributed by atoms with van der Waals surface area (Å²) in [7, 11) is 0. The molecule has 1 heterocycles. The quantitative estimate of drug-likeness (QED) is 0.662. The summed E-state index contributed by atoms with van der Waals surface area (Å²) in [6, 6.07) is 1.64. The standard InChI is InChI=1S/C5H4BrClN2/c6-5-4(7)1-3(8)2-9-5/h1-2H,8H2. The van der Waals surface area contributed by atoms with E-state index < -0.39 is 0 Å². The largest absolute Gasteiger partial charge is 0.397 e. The summed E-state index contributed by atoms with van der Waals surface area (Å²) in [6.07, 6.45) is 1.54. The average Bonchev–Trinajstić information content (AvgIpc) is 1.80. The van der Waals surface area contributed by atoms with Gasteiger partial charge < -0.3 is 5.73 Å². The Bertz CT molecular complexity index is 226. The van der Waals surface area contributed by atoms with Crippen molar-refractivity contribution in [3.63, 3.8) is 0 Å². The summed E-state index contributed by atoms with van der Waals surface area (Å²) in [5.74, 6) is 0. The summed E-state index contributed by atoms with van der Waals surface area (Å²) in [5.41, 5.74) is 5.93. The van der Waals surface area contributed by atoms with E-state index in [1.165, 1.54) is 6.20 Å². The Kier molecular flexibility index (Phi) is 1.93. The first-order valence-corrected chi connectivity index (χ1v) is 3.44. The zero-order chi connectivity index (χ0) is 6.85. The van der Waals surface area contributed by atoms with Crippen LogP contribution in [0.5, 0.6) is 0 Å². The third kappa shape index (κ3) is 1.56. The van der Waals surface area contributed by atoms with Crippen LogP contribution >= 0.6 is 27.5 Å². The summed E-state index contributed by atoms with van der Waals surface area (Å²) in [4.78, 5) is 3.84. The Morgan fingerprint density at radius 3 is 2.78 bits per heavy atom. The lowest BCUT2D eigenvalue weighted by Gasteiger charge is -1.93. The molecule has 0 radical (unpaired) electrons. The molecule has 0 bridgehead atoms. The van der Waals surface area contributed by atoms with Crippen molar-refractivity contribution in [1.82, 2.24) is 4.98 Å². The highest BCUT2D eigenvalue weighted by atomic mass is 79.9. The van der Waals surface area contributed by atoms with Crippen LogP contribution in [0, 0.1) is 0 Å². The van der Waals surface area contributed by atoms with Crippen LogP contribution in [0.3, 0.4) is 0 Å². The lowest BCUT2D eigenvalue weighted by atomic mass is 10.4. The molecule has 0 aliphatic heterocycles. The van der Waals surface area contributed by atoms with Crippen LogP contribution in [0.15, 0.2) is 16.9 Å². The molecule has 0 aliphatic carbocycles. The van der Waals surface area contributed by atoms with E-state index in [2.05, 4.69) is 20.9 Å². The van der Waals surface area contributed by atoms with E-state index in [1.54, 1.807) is 6.07 Å². The Morgan fingerprint density at radius 1 is 1.67 bits per heavy atom. The van der Waals surface area contributed by atoms with Gasteiger partial charge in [0.2, 0.25) is 0 Å². The fourth-order valence-electron chi connectivity index (χ4n) is 0.436. The molecule has 0 saturated carbocycles. The SMILES string of the molecule is Nc1cnc(Br)c(Cl)c1. The topological polar surface area (TPSA) is 38.9 Å². The van der Waals surface area contributed by atoms with Gasteiger partial charge in [0.15, 0.2) is 0 Å². The van der Waals surface area contributed by atoms with Crippen molar-refractivity contribution >= 4 is 33.2 Å². The Hall–Kier alpha value is -0.280. The van der Waals surface area contributed by atoms with Crippen LogP contribution in [0.25, 0.3) is 0 Å². The predicted octanol–water partition coefficient (Wildman–Crippen LogP) is 2.08. The van der Waals surface area contributed by atoms with Gasteiger partial charge in [-0.05, 0) is 22.0 Å². The first-order valence-electron chi connectivity index (χ1n) is 2.26. The van der Waals surface area contributed by atoms with Gasteiger partial charge in [0.25, 0.3) is 0 Å². The van der Waals surface area contributed by atoms with Crippen LogP contribution in [0.4, 0.5) is 5.69 Å². The molecule has 0 fully saturated rings. The third-order valence-corrected chi connectivity index (χ3v) is 1.97. The van der Waals surface area contributed by atoms with Crippen LogP contribution in [0.1, 0.15) is 0 Å². The number of pyridine rings is 1. The normalized spacial score (nSPS) is 9.56. The number of nitrogens with zero attached hydrogens (tertiary/aromatic N) is 1. The molecule has 0 aliphatic rings. The number of nitrogen functional groups attached to an aromatic ring is 1. The van der Waals surface area contributed by atoms with Gasteiger partial charge in [-0.15, -0.1) is 0 Å². The van der Waals surface area contributed by atoms with Gasteiger partial charge in [0.1, 0.15) is 4.60 Å². The van der Waals surface area contributed by atoms with E-state index in [0.717, 1.165) is 0 Å². The number of nitrogens with two attached hydrogens (primary N) is 1. The zero-order valence-corrected chi connectivity index (χ0v) is 6.78. The molecule has 0 spiro atoms. The number of hydrogen-bond donors (Lipinski definition) is 1. The van der Waals surface area contributed by atoms with Crippen molar-refractivity contribution in [2.75, 3.05) is 5.73 Å². The highest BCUT2D eigenvalue weighted by Crippen LogP contribution is 2.20. The zero-order valence-electron chi connectivity index (χ0n) is 4.44. The fraction of sp³-hybridized carbons (Fsp3) is 0. The monoisotopic (exact) mass is 206 g/mol. The highest BCUT2D eigenvalue weighted by Gasteiger charge is 1.95. The maximum Gasteiger partial charge on any atom is 0.124 e. The number of hydrogen-bond acceptors (Lipinski definition) is 2. The average molecular weight is 207 g/mol. The van der Waals surface area contributed by atoms with E-state index >= 15 is 0 Å². The molecule has 0 saturated heterocycles. The van der Waals surface area contributed by atoms with Crippen molar-refractivity contribution in [3.8, 4) is 0 Å². The third-order valence-electron chi connectivity index (χ3n) is 0.817. The fourth-order valence-corrected chi connectivity index (χ4v) is 0.828. The lowest BCUT2D eigenvalue weighted by molar-refractivity contribution is 1.28. The molecule has 1 aromatic rings. The van der Waals surface area contributed by atoms with Crippen molar-refractivity contribution < 1.29 is 0 Å². The van der Waals surface area contributed by atoms with Crippen molar-refractivity contribution in [2.24, 2.45) is 0 Å². The minimum Gasteiger partial charge on any atom is -0.397 e. The molecule has 1 rings (SSSR count). The predicted molar refractivity (Wildman–Crippen MR) is 41.4 cm³/mol. The van der Waals surface area contributed by atoms with Crippen LogP contribution in [-0.2, 0) is 0 Å².